The fourth-order valence-electron chi connectivity index (χ4n) is 8.31. The van der Waals surface area contributed by atoms with Gasteiger partial charge >= 0.3 is 0 Å². The molecule has 0 saturated heterocycles. The van der Waals surface area contributed by atoms with E-state index in [1.165, 1.54) is 43.5 Å². The lowest BCUT2D eigenvalue weighted by Gasteiger charge is -2.14. The zero-order valence-corrected chi connectivity index (χ0v) is 28.1. The molecular formula is C48H30N4. The highest BCUT2D eigenvalue weighted by Crippen LogP contribution is 2.46. The maximum atomic E-state index is 5.50. The van der Waals surface area contributed by atoms with E-state index in [2.05, 4.69) is 191 Å². The van der Waals surface area contributed by atoms with Gasteiger partial charge in [0.1, 0.15) is 0 Å². The van der Waals surface area contributed by atoms with Crippen molar-refractivity contribution in [1.82, 2.24) is 19.1 Å². The Kier molecular flexibility index (Phi) is 6.22. The van der Waals surface area contributed by atoms with Gasteiger partial charge in [0.05, 0.1) is 33.3 Å². The molecule has 0 aliphatic carbocycles. The van der Waals surface area contributed by atoms with Crippen molar-refractivity contribution in [2.75, 3.05) is 0 Å². The predicted molar refractivity (Wildman–Crippen MR) is 217 cm³/mol. The monoisotopic (exact) mass is 662 g/mol. The number of para-hydroxylation sites is 4. The first kappa shape index (κ1) is 28.8. The van der Waals surface area contributed by atoms with Crippen molar-refractivity contribution in [3.8, 4) is 34.0 Å². The van der Waals surface area contributed by atoms with Crippen LogP contribution in [0.2, 0.25) is 0 Å². The number of fused-ring (bicyclic) bond motifs is 11. The van der Waals surface area contributed by atoms with Gasteiger partial charge in [0.15, 0.2) is 0 Å². The van der Waals surface area contributed by atoms with E-state index >= 15 is 0 Å². The van der Waals surface area contributed by atoms with Crippen molar-refractivity contribution in [3.63, 3.8) is 0 Å². The van der Waals surface area contributed by atoms with E-state index in [0.717, 1.165) is 49.8 Å². The van der Waals surface area contributed by atoms with Crippen molar-refractivity contribution in [2.45, 2.75) is 0 Å². The summed E-state index contributed by atoms with van der Waals surface area (Å²) in [5.41, 5.74) is 10.9. The third-order valence-corrected chi connectivity index (χ3v) is 10.5. The normalized spacial score (nSPS) is 11.8. The molecule has 8 aromatic carbocycles. The summed E-state index contributed by atoms with van der Waals surface area (Å²) in [7, 11) is 0. The second-order valence-electron chi connectivity index (χ2n) is 13.4. The van der Waals surface area contributed by atoms with E-state index in [9.17, 15) is 0 Å². The molecule has 0 aliphatic rings. The highest BCUT2D eigenvalue weighted by atomic mass is 15.2. The molecule has 11 aromatic rings. The van der Waals surface area contributed by atoms with Gasteiger partial charge in [0.2, 0.25) is 5.95 Å². The first-order valence-electron chi connectivity index (χ1n) is 17.7. The quantitative estimate of drug-likeness (QED) is 0.188. The van der Waals surface area contributed by atoms with Gasteiger partial charge in [0, 0.05) is 49.0 Å². The maximum absolute atomic E-state index is 5.50. The number of benzene rings is 8. The molecule has 0 saturated carbocycles. The van der Waals surface area contributed by atoms with E-state index in [0.29, 0.717) is 5.95 Å². The summed E-state index contributed by atoms with van der Waals surface area (Å²) >= 11 is 0. The van der Waals surface area contributed by atoms with Gasteiger partial charge in [-0.25, -0.2) is 9.97 Å². The number of rotatable bonds is 4. The van der Waals surface area contributed by atoms with Gasteiger partial charge in [-0.1, -0.05) is 146 Å². The van der Waals surface area contributed by atoms with Crippen molar-refractivity contribution in [3.05, 3.63) is 182 Å². The van der Waals surface area contributed by atoms with E-state index < -0.39 is 0 Å². The lowest BCUT2D eigenvalue weighted by atomic mass is 9.99. The van der Waals surface area contributed by atoms with Gasteiger partial charge in [-0.15, -0.1) is 0 Å². The molecule has 52 heavy (non-hydrogen) atoms. The number of hydrogen-bond donors (Lipinski definition) is 0. The number of hydrogen-bond acceptors (Lipinski definition) is 2. The highest BCUT2D eigenvalue weighted by molar-refractivity contribution is 6.37. The first-order valence-corrected chi connectivity index (χ1v) is 17.7. The van der Waals surface area contributed by atoms with Gasteiger partial charge in [-0.3, -0.25) is 4.57 Å². The van der Waals surface area contributed by atoms with Crippen LogP contribution in [-0.4, -0.2) is 19.1 Å². The van der Waals surface area contributed by atoms with Crippen LogP contribution < -0.4 is 0 Å². The molecule has 0 aliphatic heterocycles. The average Bonchev–Trinajstić information content (AvgIpc) is 3.75. The summed E-state index contributed by atoms with van der Waals surface area (Å²) in [6, 6.07) is 64.7. The molecule has 242 valence electrons. The summed E-state index contributed by atoms with van der Waals surface area (Å²) in [6.45, 7) is 0. The Labute approximate surface area is 299 Å². The van der Waals surface area contributed by atoms with Crippen LogP contribution in [0.3, 0.4) is 0 Å². The molecule has 0 unspecified atom stereocenters. The first-order chi connectivity index (χ1) is 25.8. The minimum atomic E-state index is 0.654. The Morgan fingerprint density at radius 2 is 0.846 bits per heavy atom. The van der Waals surface area contributed by atoms with E-state index in [1.54, 1.807) is 0 Å². The zero-order chi connectivity index (χ0) is 34.2. The van der Waals surface area contributed by atoms with Crippen LogP contribution in [0.4, 0.5) is 0 Å². The number of aromatic nitrogens is 4. The molecule has 0 atom stereocenters. The minimum absolute atomic E-state index is 0.654. The second kappa shape index (κ2) is 11.2. The lowest BCUT2D eigenvalue weighted by molar-refractivity contribution is 1.02. The Balaban J connectivity index is 1.30. The summed E-state index contributed by atoms with van der Waals surface area (Å²) in [5.74, 6) is 0.654. The molecule has 0 N–H and O–H groups in total. The molecule has 0 bridgehead atoms. The Morgan fingerprint density at radius 1 is 0.346 bits per heavy atom. The van der Waals surface area contributed by atoms with Crippen LogP contribution in [0, 0.1) is 0 Å². The Hall–Kier alpha value is -7.04. The van der Waals surface area contributed by atoms with Gasteiger partial charge in [-0.05, 0) is 47.5 Å². The molecular weight excluding hydrogens is 633 g/mol. The second-order valence-corrected chi connectivity index (χ2v) is 13.4. The van der Waals surface area contributed by atoms with Crippen LogP contribution in [0.25, 0.3) is 99.3 Å². The maximum Gasteiger partial charge on any atom is 0.235 e. The molecule has 0 radical (unpaired) electrons. The van der Waals surface area contributed by atoms with Crippen molar-refractivity contribution in [1.29, 1.82) is 0 Å². The molecule has 0 amide bonds. The molecule has 0 fully saturated rings. The molecule has 11 rings (SSSR count). The van der Waals surface area contributed by atoms with Crippen LogP contribution >= 0.6 is 0 Å². The fraction of sp³-hybridized carbons (Fsp3) is 0. The molecule has 4 nitrogen and oxygen atoms in total. The fourth-order valence-corrected chi connectivity index (χ4v) is 8.31. The highest BCUT2D eigenvalue weighted by Gasteiger charge is 2.25. The van der Waals surface area contributed by atoms with E-state index in [4.69, 9.17) is 9.97 Å². The molecule has 3 aromatic heterocycles. The standard InChI is InChI=1S/C48H30N4/c1-3-16-31(17-4-1)32-18-15-19-33(30-32)45-37-24-9-12-27-40(37)49-48(50-45)52-42-29-14-11-26-39(42)44-43-38-25-10-13-28-41(38)51(34-20-5-2-6-21-34)46(43)35-22-7-8-23-36(35)47(44)52/h1-30H. The minimum Gasteiger partial charge on any atom is -0.309 e. The summed E-state index contributed by atoms with van der Waals surface area (Å²) in [4.78, 5) is 10.8. The smallest absolute Gasteiger partial charge is 0.235 e. The van der Waals surface area contributed by atoms with Crippen LogP contribution in [0.5, 0.6) is 0 Å². The van der Waals surface area contributed by atoms with Crippen molar-refractivity contribution >= 4 is 65.3 Å². The van der Waals surface area contributed by atoms with Gasteiger partial charge in [-0.2, -0.15) is 0 Å². The SMILES string of the molecule is c1ccc(-c2cccc(-c3nc(-n4c5ccccc5c5c6c7ccccc7n(-c7ccccc7)c6c6ccccc6c54)nc4ccccc34)c2)cc1. The topological polar surface area (TPSA) is 35.6 Å². The van der Waals surface area contributed by atoms with Gasteiger partial charge in [0.25, 0.3) is 0 Å². The largest absolute Gasteiger partial charge is 0.309 e. The summed E-state index contributed by atoms with van der Waals surface area (Å²) in [5, 5.41) is 8.21. The third kappa shape index (κ3) is 4.15. The lowest BCUT2D eigenvalue weighted by Crippen LogP contribution is -2.04. The zero-order valence-electron chi connectivity index (χ0n) is 28.1. The van der Waals surface area contributed by atoms with Crippen LogP contribution in [-0.2, 0) is 0 Å². The Morgan fingerprint density at radius 3 is 1.54 bits per heavy atom. The predicted octanol–water partition coefficient (Wildman–Crippen LogP) is 12.3. The summed E-state index contributed by atoms with van der Waals surface area (Å²) < 4.78 is 4.74. The van der Waals surface area contributed by atoms with E-state index in [1.807, 2.05) is 0 Å². The van der Waals surface area contributed by atoms with Crippen molar-refractivity contribution < 1.29 is 0 Å². The molecule has 4 heteroatoms. The molecule has 0 spiro atoms. The number of nitrogens with zero attached hydrogens (tertiary/aromatic N) is 4. The third-order valence-electron chi connectivity index (χ3n) is 10.5. The van der Waals surface area contributed by atoms with Crippen molar-refractivity contribution in [2.24, 2.45) is 0 Å². The van der Waals surface area contributed by atoms with Crippen LogP contribution in [0.15, 0.2) is 182 Å². The van der Waals surface area contributed by atoms with Gasteiger partial charge < -0.3 is 4.57 Å². The van der Waals surface area contributed by atoms with E-state index in [-0.39, 0.29) is 0 Å². The average molecular weight is 663 g/mol. The van der Waals surface area contributed by atoms with Crippen LogP contribution in [0.1, 0.15) is 0 Å². The Bertz CT molecular complexity index is 3170. The molecule has 3 heterocycles. The summed E-state index contributed by atoms with van der Waals surface area (Å²) in [6.07, 6.45) is 0.